The van der Waals surface area contributed by atoms with E-state index in [2.05, 4.69) is 6.92 Å². The number of carbonyl (C=O) groups is 2. The molecule has 1 aromatic carbocycles. The van der Waals surface area contributed by atoms with Crippen molar-refractivity contribution in [3.05, 3.63) is 47.5 Å². The minimum Gasteiger partial charge on any atom is -0.458 e. The van der Waals surface area contributed by atoms with E-state index in [9.17, 15) is 35.1 Å². The Hall–Kier alpha value is -2.58. The summed E-state index contributed by atoms with van der Waals surface area (Å²) in [7, 11) is 6.24. The van der Waals surface area contributed by atoms with Crippen LogP contribution in [0, 0.1) is 16.7 Å². The average molecular weight is 1080 g/mol. The van der Waals surface area contributed by atoms with Crippen molar-refractivity contribution in [3.8, 4) is 0 Å². The average Bonchev–Trinajstić information content (AvgIpc) is 3.63. The molecule has 5 N–H and O–H groups in total. The first kappa shape index (κ1) is 58.1. The summed E-state index contributed by atoms with van der Waals surface area (Å²) in [5, 5.41) is 59.5. The van der Waals surface area contributed by atoms with E-state index in [1.54, 1.807) is 65.5 Å². The molecule has 4 saturated heterocycles. The second-order valence-electron chi connectivity index (χ2n) is 23.3. The van der Waals surface area contributed by atoms with Gasteiger partial charge in [-0.3, -0.25) is 4.79 Å². The third-order valence-corrected chi connectivity index (χ3v) is 19.5. The maximum atomic E-state index is 13.7. The smallest absolute Gasteiger partial charge is 0.338 e. The molecule has 20 heteroatoms. The maximum absolute atomic E-state index is 13.7. The van der Waals surface area contributed by atoms with E-state index in [4.69, 9.17) is 61.6 Å². The molecule has 3 saturated carbocycles. The highest BCUT2D eigenvalue weighted by Crippen LogP contribution is 2.71. The Bertz CT molecular complexity index is 2220. The summed E-state index contributed by atoms with van der Waals surface area (Å²) in [5.74, 6) is -1.76. The van der Waals surface area contributed by atoms with Crippen molar-refractivity contribution in [1.29, 1.82) is 0 Å². The van der Waals surface area contributed by atoms with Crippen LogP contribution in [0.1, 0.15) is 123 Å². The first-order valence-electron chi connectivity index (χ1n) is 27.3. The number of benzene rings is 1. The summed E-state index contributed by atoms with van der Waals surface area (Å²) >= 11 is 0. The molecule has 9 rings (SSSR count). The van der Waals surface area contributed by atoms with Crippen LogP contribution in [0.5, 0.6) is 0 Å². The van der Waals surface area contributed by atoms with Gasteiger partial charge in [0.05, 0.1) is 59.8 Å². The quantitative estimate of drug-likeness (QED) is 0.124. The van der Waals surface area contributed by atoms with Gasteiger partial charge in [0, 0.05) is 53.6 Å². The number of methoxy groups -OCH3 is 4. The molecule has 0 unspecified atom stereocenters. The molecule has 0 aromatic heterocycles. The van der Waals surface area contributed by atoms with Crippen molar-refractivity contribution in [2.24, 2.45) is 16.7 Å². The van der Waals surface area contributed by atoms with Gasteiger partial charge in [-0.05, 0) is 104 Å². The molecule has 4 aliphatic carbocycles. The molecule has 0 spiro atoms. The lowest BCUT2D eigenvalue weighted by atomic mass is 9.42. The highest BCUT2D eigenvalue weighted by Gasteiger charge is 2.81. The number of ketones is 1. The van der Waals surface area contributed by atoms with Crippen LogP contribution in [0.15, 0.2) is 42.0 Å². The van der Waals surface area contributed by atoms with Gasteiger partial charge >= 0.3 is 5.97 Å². The Morgan fingerprint density at radius 1 is 0.632 bits per heavy atom. The molecule has 0 amide bonds. The predicted molar refractivity (Wildman–Crippen MR) is 267 cm³/mol. The van der Waals surface area contributed by atoms with Gasteiger partial charge in [0.15, 0.2) is 30.9 Å². The summed E-state index contributed by atoms with van der Waals surface area (Å²) in [6.45, 7) is 12.3. The molecule has 1 aromatic rings. The Morgan fingerprint density at radius 3 is 1.70 bits per heavy atom. The Labute approximate surface area is 446 Å². The van der Waals surface area contributed by atoms with E-state index in [1.165, 1.54) is 14.0 Å². The number of carbonyl (C=O) groups excluding carboxylic acids is 2. The van der Waals surface area contributed by atoms with Crippen molar-refractivity contribution in [2.45, 2.75) is 246 Å². The van der Waals surface area contributed by atoms with Gasteiger partial charge < -0.3 is 87.1 Å². The van der Waals surface area contributed by atoms with Crippen molar-refractivity contribution in [3.63, 3.8) is 0 Å². The van der Waals surface area contributed by atoms with E-state index in [0.717, 1.165) is 5.57 Å². The number of hydrogen-bond acceptors (Lipinski definition) is 20. The third-order valence-electron chi connectivity index (χ3n) is 19.5. The van der Waals surface area contributed by atoms with Crippen LogP contribution in [0.4, 0.5) is 0 Å². The molecule has 428 valence electrons. The van der Waals surface area contributed by atoms with Crippen molar-refractivity contribution >= 4 is 11.8 Å². The molecule has 0 bridgehead atoms. The first-order valence-corrected chi connectivity index (χ1v) is 27.3. The number of fused-ring (bicyclic) bond motifs is 5. The molecule has 20 nitrogen and oxygen atoms in total. The molecule has 4 aliphatic heterocycles. The lowest BCUT2D eigenvalue weighted by Crippen LogP contribution is -2.78. The minimum atomic E-state index is -2.04. The Balaban J connectivity index is 0.810. The predicted octanol–water partition coefficient (Wildman–Crippen LogP) is 3.81. The number of aliphatic hydroxyl groups is 5. The van der Waals surface area contributed by atoms with Crippen molar-refractivity contribution < 1.29 is 96.7 Å². The Kier molecular flexibility index (Phi) is 17.1. The van der Waals surface area contributed by atoms with Crippen LogP contribution in [-0.4, -0.2) is 199 Å². The van der Waals surface area contributed by atoms with Gasteiger partial charge in [-0.1, -0.05) is 36.8 Å². The van der Waals surface area contributed by atoms with Crippen LogP contribution in [0.25, 0.3) is 0 Å². The lowest BCUT2D eigenvalue weighted by molar-refractivity contribution is -0.356. The zero-order valence-corrected chi connectivity index (χ0v) is 45.9. The van der Waals surface area contributed by atoms with Gasteiger partial charge in [0.1, 0.15) is 59.5 Å². The normalized spacial score (nSPS) is 49.4. The number of Topliss-reactive ketones (excluding diaryl/α,β-unsaturated/α-hetero) is 1. The molecule has 4 heterocycles. The molecule has 7 fully saturated rings. The number of hydrogen-bond donors (Lipinski definition) is 5. The monoisotopic (exact) mass is 1080 g/mol. The molecule has 76 heavy (non-hydrogen) atoms. The van der Waals surface area contributed by atoms with Gasteiger partial charge in [0.2, 0.25) is 0 Å². The largest absolute Gasteiger partial charge is 0.458 e. The summed E-state index contributed by atoms with van der Waals surface area (Å²) in [4.78, 5) is 27.1. The topological polar surface area (TPSA) is 255 Å². The zero-order chi connectivity index (χ0) is 54.9. The van der Waals surface area contributed by atoms with Crippen LogP contribution in [-0.2, 0) is 66.4 Å². The van der Waals surface area contributed by atoms with Gasteiger partial charge in [-0.2, -0.15) is 0 Å². The van der Waals surface area contributed by atoms with Crippen LogP contribution in [0.3, 0.4) is 0 Å². The summed E-state index contributed by atoms with van der Waals surface area (Å²) in [6.07, 6.45) is -7.99. The molecule has 25 atom stereocenters. The van der Waals surface area contributed by atoms with Gasteiger partial charge in [0.25, 0.3) is 0 Å². The summed E-state index contributed by atoms with van der Waals surface area (Å²) < 4.78 is 81.0. The fourth-order valence-electron chi connectivity index (χ4n) is 14.9. The maximum Gasteiger partial charge on any atom is 0.338 e. The molecule has 0 radical (unpaired) electrons. The highest BCUT2D eigenvalue weighted by molar-refractivity contribution is 5.90. The molecular formula is C56H84O20. The van der Waals surface area contributed by atoms with Gasteiger partial charge in [-0.25, -0.2) is 4.79 Å². The van der Waals surface area contributed by atoms with Gasteiger partial charge in [-0.15, -0.1) is 0 Å². The molecular weight excluding hydrogens is 993 g/mol. The van der Waals surface area contributed by atoms with E-state index < -0.39 is 156 Å². The van der Waals surface area contributed by atoms with E-state index in [-0.39, 0.29) is 31.8 Å². The van der Waals surface area contributed by atoms with Crippen molar-refractivity contribution in [1.82, 2.24) is 0 Å². The van der Waals surface area contributed by atoms with Crippen LogP contribution < -0.4 is 0 Å². The number of ether oxygens (including phenoxy) is 13. The first-order chi connectivity index (χ1) is 36.0. The van der Waals surface area contributed by atoms with Crippen LogP contribution >= 0.6 is 0 Å². The lowest BCUT2D eigenvalue weighted by Gasteiger charge is -2.67. The highest BCUT2D eigenvalue weighted by atomic mass is 16.8. The number of esters is 1. The minimum absolute atomic E-state index is 0.0498. The van der Waals surface area contributed by atoms with Crippen molar-refractivity contribution in [2.75, 3.05) is 28.4 Å². The molecule has 8 aliphatic rings. The zero-order valence-electron chi connectivity index (χ0n) is 45.9. The van der Waals surface area contributed by atoms with Crippen LogP contribution in [0.2, 0.25) is 0 Å². The second-order valence-corrected chi connectivity index (χ2v) is 23.3. The fraction of sp³-hybridized carbons (Fsp3) is 0.821. The summed E-state index contributed by atoms with van der Waals surface area (Å²) in [5.41, 5.74) is -6.73. The van der Waals surface area contributed by atoms with E-state index in [0.29, 0.717) is 44.1 Å². The Morgan fingerprint density at radius 2 is 1.17 bits per heavy atom. The van der Waals surface area contributed by atoms with E-state index >= 15 is 0 Å². The third kappa shape index (κ3) is 9.87. The van der Waals surface area contributed by atoms with E-state index in [1.807, 2.05) is 26.8 Å². The number of aliphatic hydroxyl groups excluding tert-OH is 2. The second kappa shape index (κ2) is 22.4. The standard InChI is InChI=1S/C56H84O20/c1-28-44(58)49(67-11)45(59)51(71-28)76-48-31(4)70-43(26-38(48)66-10)75-47-30(3)69-42(25-37(47)65-9)74-46-29(2)68-41(24-36(46)64-8)72-35-18-19-52(6)34(23-35)17-20-55(62)39(52)27-40(73-50(60)33-15-13-12-14-16-33)53(7)54(61,32(5)57)21-22-56(53,55)63/h12-17,28-31,35-49,51,58-59,61-63H,18-27H2,1-11H3/t28-,29-,30-,31-,35-,36-,37-,38-,39+,40+,41+,42+,43+,44-,45-,46-,47-,48-,49+,51+,52-,53+,54+,55-,56+/m0/s1. The summed E-state index contributed by atoms with van der Waals surface area (Å²) in [6, 6.07) is 8.51. The fourth-order valence-corrected chi connectivity index (χ4v) is 14.9. The SMILES string of the molecule is CO[C@H]1[C@H](O)[C@@H](O[C@H]2[C@H](C)O[C@H](O[C@H]3[C@H](C)O[C@H](O[C@H]4[C@H](C)O[C@H](O[C@H]5CC[C@@]6(C)C(=CC[C@]7(O)[C@@H]6C[C@@H](OC(=O)c6ccccc6)[C@@]6(C)[C@]7(O)CC[C@@]6(O)C(C)=O)C5)C[C@@H]4OC)C[C@@H]3OC)C[C@@H]2OC)O[C@@H](C)[C@@H]1O. The number of rotatable bonds is 15.